The fourth-order valence-electron chi connectivity index (χ4n) is 2.42. The zero-order chi connectivity index (χ0) is 12.5. The molecule has 1 amide bonds. The molecule has 2 aliphatic rings. The number of piperazine rings is 1. The lowest BCUT2D eigenvalue weighted by atomic mass is 10.2. The van der Waals surface area contributed by atoms with Crippen molar-refractivity contribution in [1.82, 2.24) is 14.8 Å². The van der Waals surface area contributed by atoms with Gasteiger partial charge in [0.15, 0.2) is 0 Å². The molecule has 5 heteroatoms. The summed E-state index contributed by atoms with van der Waals surface area (Å²) in [4.78, 5) is 20.7. The molecule has 1 aliphatic carbocycles. The van der Waals surface area contributed by atoms with Crippen molar-refractivity contribution < 1.29 is 4.79 Å². The van der Waals surface area contributed by atoms with Gasteiger partial charge in [0.25, 0.3) is 5.91 Å². The van der Waals surface area contributed by atoms with Crippen molar-refractivity contribution in [2.24, 2.45) is 0 Å². The Morgan fingerprint density at radius 3 is 2.50 bits per heavy atom. The van der Waals surface area contributed by atoms with Gasteiger partial charge in [-0.1, -0.05) is 0 Å². The van der Waals surface area contributed by atoms with Gasteiger partial charge in [-0.3, -0.25) is 9.69 Å². The quantitative estimate of drug-likeness (QED) is 0.829. The predicted octanol–water partition coefficient (Wildman–Crippen LogP) is 0.584. The summed E-state index contributed by atoms with van der Waals surface area (Å²) in [5, 5.41) is 0. The summed E-state index contributed by atoms with van der Waals surface area (Å²) < 4.78 is 0. The van der Waals surface area contributed by atoms with Crippen LogP contribution in [0.15, 0.2) is 18.3 Å². The summed E-state index contributed by atoms with van der Waals surface area (Å²) in [5.41, 5.74) is 6.65. The molecule has 3 rings (SSSR count). The van der Waals surface area contributed by atoms with Crippen LogP contribution in [0, 0.1) is 0 Å². The molecule has 1 saturated heterocycles. The van der Waals surface area contributed by atoms with Crippen LogP contribution in [0.2, 0.25) is 0 Å². The van der Waals surface area contributed by atoms with Gasteiger partial charge in [0, 0.05) is 32.2 Å². The Morgan fingerprint density at radius 2 is 1.94 bits per heavy atom. The van der Waals surface area contributed by atoms with Gasteiger partial charge in [-0.15, -0.1) is 0 Å². The molecule has 2 heterocycles. The number of rotatable bonds is 2. The summed E-state index contributed by atoms with van der Waals surface area (Å²) in [6.45, 7) is 3.60. The molecule has 18 heavy (non-hydrogen) atoms. The highest BCUT2D eigenvalue weighted by Gasteiger charge is 2.32. The second kappa shape index (κ2) is 4.57. The molecule has 1 aromatic rings. The molecule has 96 valence electrons. The maximum atomic E-state index is 12.2. The fourth-order valence-corrected chi connectivity index (χ4v) is 2.42. The number of hydrogen-bond acceptors (Lipinski definition) is 4. The Labute approximate surface area is 107 Å². The molecular formula is C13H18N4O. The van der Waals surface area contributed by atoms with Gasteiger partial charge < -0.3 is 10.6 Å². The summed E-state index contributed by atoms with van der Waals surface area (Å²) in [7, 11) is 0. The molecule has 1 saturated carbocycles. The minimum Gasteiger partial charge on any atom is -0.397 e. The normalized spacial score (nSPS) is 21.0. The highest BCUT2D eigenvalue weighted by atomic mass is 16.2. The van der Waals surface area contributed by atoms with Gasteiger partial charge in [-0.25, -0.2) is 4.98 Å². The fraction of sp³-hybridized carbons (Fsp3) is 0.538. The zero-order valence-electron chi connectivity index (χ0n) is 10.4. The van der Waals surface area contributed by atoms with Crippen molar-refractivity contribution >= 4 is 11.6 Å². The van der Waals surface area contributed by atoms with Crippen LogP contribution in [0.3, 0.4) is 0 Å². The predicted molar refractivity (Wildman–Crippen MR) is 69.1 cm³/mol. The Kier molecular flexibility index (Phi) is 2.91. The Bertz CT molecular complexity index is 433. The molecule has 0 bridgehead atoms. The average molecular weight is 246 g/mol. The number of amides is 1. The molecular weight excluding hydrogens is 228 g/mol. The van der Waals surface area contributed by atoms with Gasteiger partial charge in [-0.2, -0.15) is 0 Å². The van der Waals surface area contributed by atoms with E-state index < -0.39 is 0 Å². The molecule has 2 fully saturated rings. The topological polar surface area (TPSA) is 62.5 Å². The van der Waals surface area contributed by atoms with Crippen molar-refractivity contribution in [3.8, 4) is 0 Å². The Balaban J connectivity index is 1.61. The third-order valence-electron chi connectivity index (χ3n) is 3.67. The van der Waals surface area contributed by atoms with E-state index in [1.54, 1.807) is 12.1 Å². The van der Waals surface area contributed by atoms with E-state index in [4.69, 9.17) is 5.73 Å². The van der Waals surface area contributed by atoms with E-state index in [0.717, 1.165) is 32.2 Å². The number of anilines is 1. The van der Waals surface area contributed by atoms with Crippen LogP contribution in [-0.4, -0.2) is 52.9 Å². The Morgan fingerprint density at radius 1 is 1.22 bits per heavy atom. The summed E-state index contributed by atoms with van der Waals surface area (Å²) in [6.07, 6.45) is 4.19. The van der Waals surface area contributed by atoms with Crippen LogP contribution >= 0.6 is 0 Å². The first kappa shape index (κ1) is 11.5. The SMILES string of the molecule is Nc1ccc(C(=O)N2CCN(C3CC3)CC2)nc1. The van der Waals surface area contributed by atoms with Gasteiger partial charge in [-0.05, 0) is 25.0 Å². The number of nitrogen functional groups attached to an aromatic ring is 1. The number of carbonyl (C=O) groups is 1. The second-order valence-corrected chi connectivity index (χ2v) is 5.04. The lowest BCUT2D eigenvalue weighted by molar-refractivity contribution is 0.0621. The highest BCUT2D eigenvalue weighted by molar-refractivity contribution is 5.92. The molecule has 0 spiro atoms. The molecule has 2 N–H and O–H groups in total. The number of pyridine rings is 1. The third kappa shape index (κ3) is 2.31. The first-order chi connectivity index (χ1) is 8.74. The number of carbonyl (C=O) groups excluding carboxylic acids is 1. The van der Waals surface area contributed by atoms with E-state index in [1.807, 2.05) is 4.90 Å². The first-order valence-electron chi connectivity index (χ1n) is 6.49. The molecule has 0 aromatic carbocycles. The highest BCUT2D eigenvalue weighted by Crippen LogP contribution is 2.27. The molecule has 1 aromatic heterocycles. The molecule has 0 radical (unpaired) electrons. The number of aromatic nitrogens is 1. The van der Waals surface area contributed by atoms with Crippen LogP contribution < -0.4 is 5.73 Å². The largest absolute Gasteiger partial charge is 0.397 e. The van der Waals surface area contributed by atoms with E-state index in [2.05, 4.69) is 9.88 Å². The van der Waals surface area contributed by atoms with Crippen LogP contribution in [0.25, 0.3) is 0 Å². The van der Waals surface area contributed by atoms with Crippen LogP contribution in [0.4, 0.5) is 5.69 Å². The third-order valence-corrected chi connectivity index (χ3v) is 3.67. The van der Waals surface area contributed by atoms with Crippen LogP contribution in [0.5, 0.6) is 0 Å². The Hall–Kier alpha value is -1.62. The van der Waals surface area contributed by atoms with E-state index in [0.29, 0.717) is 11.4 Å². The summed E-state index contributed by atoms with van der Waals surface area (Å²) in [6, 6.07) is 4.21. The standard InChI is InChI=1S/C13H18N4O/c14-10-1-4-12(15-9-10)13(18)17-7-5-16(6-8-17)11-2-3-11/h1,4,9,11H,2-3,5-8,14H2. The maximum absolute atomic E-state index is 12.2. The van der Waals surface area contributed by atoms with E-state index >= 15 is 0 Å². The van der Waals surface area contributed by atoms with E-state index in [9.17, 15) is 4.79 Å². The van der Waals surface area contributed by atoms with Crippen LogP contribution in [0.1, 0.15) is 23.3 Å². The molecule has 1 aliphatic heterocycles. The van der Waals surface area contributed by atoms with Crippen molar-refractivity contribution in [3.05, 3.63) is 24.0 Å². The first-order valence-corrected chi connectivity index (χ1v) is 6.49. The van der Waals surface area contributed by atoms with E-state index in [-0.39, 0.29) is 5.91 Å². The monoisotopic (exact) mass is 246 g/mol. The number of nitrogens with two attached hydrogens (primary N) is 1. The second-order valence-electron chi connectivity index (χ2n) is 5.04. The smallest absolute Gasteiger partial charge is 0.272 e. The van der Waals surface area contributed by atoms with Gasteiger partial charge >= 0.3 is 0 Å². The minimum absolute atomic E-state index is 0.0189. The van der Waals surface area contributed by atoms with Crippen molar-refractivity contribution in [1.29, 1.82) is 0 Å². The lowest BCUT2D eigenvalue weighted by Gasteiger charge is -2.34. The van der Waals surface area contributed by atoms with Crippen molar-refractivity contribution in [2.75, 3.05) is 31.9 Å². The van der Waals surface area contributed by atoms with Gasteiger partial charge in [0.2, 0.25) is 0 Å². The maximum Gasteiger partial charge on any atom is 0.272 e. The van der Waals surface area contributed by atoms with Crippen molar-refractivity contribution in [2.45, 2.75) is 18.9 Å². The van der Waals surface area contributed by atoms with Crippen LogP contribution in [-0.2, 0) is 0 Å². The van der Waals surface area contributed by atoms with Crippen molar-refractivity contribution in [3.63, 3.8) is 0 Å². The molecule has 5 nitrogen and oxygen atoms in total. The zero-order valence-corrected chi connectivity index (χ0v) is 10.4. The minimum atomic E-state index is 0.0189. The molecule has 0 atom stereocenters. The summed E-state index contributed by atoms with van der Waals surface area (Å²) in [5.74, 6) is 0.0189. The average Bonchev–Trinajstić information content (AvgIpc) is 3.23. The van der Waals surface area contributed by atoms with Gasteiger partial charge in [0.05, 0.1) is 11.9 Å². The summed E-state index contributed by atoms with van der Waals surface area (Å²) >= 11 is 0. The molecule has 0 unspecified atom stereocenters. The number of nitrogens with zero attached hydrogens (tertiary/aromatic N) is 3. The lowest BCUT2D eigenvalue weighted by Crippen LogP contribution is -2.49. The van der Waals surface area contributed by atoms with E-state index in [1.165, 1.54) is 19.0 Å². The van der Waals surface area contributed by atoms with Gasteiger partial charge in [0.1, 0.15) is 5.69 Å². The number of hydrogen-bond donors (Lipinski definition) is 1.